The fourth-order valence-corrected chi connectivity index (χ4v) is 4.41. The van der Waals surface area contributed by atoms with Gasteiger partial charge in [-0.15, -0.1) is 29.1 Å². The van der Waals surface area contributed by atoms with Gasteiger partial charge >= 0.3 is 5.97 Å². The number of carbonyl (C=O) groups excluding carboxylic acids is 1. The topological polar surface area (TPSA) is 26.3 Å². The van der Waals surface area contributed by atoms with E-state index in [9.17, 15) is 4.79 Å². The molecule has 0 spiro atoms. The van der Waals surface area contributed by atoms with Gasteiger partial charge in [0.05, 0.1) is 11.5 Å². The number of hydrogen-bond acceptors (Lipinski definition) is 4. The van der Waals surface area contributed by atoms with E-state index in [4.69, 9.17) is 11.2 Å². The summed E-state index contributed by atoms with van der Waals surface area (Å²) in [6.07, 6.45) is 15.3. The maximum Gasteiger partial charge on any atom is 0.348 e. The predicted octanol–water partition coefficient (Wildman–Crippen LogP) is 6.76. The summed E-state index contributed by atoms with van der Waals surface area (Å²) in [6, 6.07) is 7.73. The second-order valence-corrected chi connectivity index (χ2v) is 8.25. The molecule has 0 aliphatic carbocycles. The van der Waals surface area contributed by atoms with Gasteiger partial charge in [-0.3, -0.25) is 0 Å². The minimum atomic E-state index is -0.215. The number of esters is 1. The molecule has 0 aliphatic heterocycles. The zero-order chi connectivity index (χ0) is 17.9. The number of hydrogen-bond donors (Lipinski definition) is 0. The number of ether oxygens (including phenoxy) is 1. The van der Waals surface area contributed by atoms with Gasteiger partial charge in [-0.25, -0.2) is 4.79 Å². The second-order valence-electron chi connectivity index (χ2n) is 6.08. The molecule has 2 aromatic heterocycles. The monoisotopic (exact) mass is 374 g/mol. The van der Waals surface area contributed by atoms with E-state index < -0.39 is 0 Å². The summed E-state index contributed by atoms with van der Waals surface area (Å²) in [4.78, 5) is 15.8. The molecule has 0 aliphatic rings. The van der Waals surface area contributed by atoms with Gasteiger partial charge in [0.25, 0.3) is 0 Å². The Kier molecular flexibility index (Phi) is 8.79. The molecule has 4 heteroatoms. The van der Waals surface area contributed by atoms with Crippen molar-refractivity contribution in [2.45, 2.75) is 58.3 Å². The van der Waals surface area contributed by atoms with Crippen LogP contribution in [0.1, 0.15) is 72.8 Å². The Hall–Kier alpha value is -1.57. The van der Waals surface area contributed by atoms with Crippen molar-refractivity contribution >= 4 is 28.6 Å². The lowest BCUT2D eigenvalue weighted by Crippen LogP contribution is -2.04. The molecule has 0 saturated heterocycles. The largest absolute Gasteiger partial charge is 0.462 e. The van der Waals surface area contributed by atoms with Crippen LogP contribution in [0.2, 0.25) is 0 Å². The zero-order valence-corrected chi connectivity index (χ0v) is 16.5. The van der Waals surface area contributed by atoms with Gasteiger partial charge in [0.2, 0.25) is 0 Å². The Balaban J connectivity index is 1.65. The van der Waals surface area contributed by atoms with Gasteiger partial charge in [0.15, 0.2) is 0 Å². The Bertz CT molecular complexity index is 691. The van der Waals surface area contributed by atoms with Crippen molar-refractivity contribution < 1.29 is 9.53 Å². The highest BCUT2D eigenvalue weighted by atomic mass is 32.1. The van der Waals surface area contributed by atoms with E-state index in [2.05, 4.69) is 12.8 Å². The van der Waals surface area contributed by atoms with Crippen molar-refractivity contribution in [2.75, 3.05) is 6.61 Å². The molecular formula is C21H26O2S2. The molecule has 0 unspecified atom stereocenters. The van der Waals surface area contributed by atoms with Gasteiger partial charge < -0.3 is 4.74 Å². The van der Waals surface area contributed by atoms with Gasteiger partial charge in [-0.2, -0.15) is 0 Å². The third kappa shape index (κ3) is 6.68. The minimum Gasteiger partial charge on any atom is -0.462 e. The first-order valence-corrected chi connectivity index (χ1v) is 10.7. The summed E-state index contributed by atoms with van der Waals surface area (Å²) in [5.41, 5.74) is 0. The van der Waals surface area contributed by atoms with Crippen LogP contribution in [0.4, 0.5) is 0 Å². The van der Waals surface area contributed by atoms with Gasteiger partial charge in [-0.1, -0.05) is 57.8 Å². The average molecular weight is 375 g/mol. The van der Waals surface area contributed by atoms with Crippen LogP contribution < -0.4 is 0 Å². The summed E-state index contributed by atoms with van der Waals surface area (Å²) >= 11 is 3.03. The molecular weight excluding hydrogens is 348 g/mol. The molecule has 2 rings (SSSR count). The Morgan fingerprint density at radius 3 is 2.28 bits per heavy atom. The quantitative estimate of drug-likeness (QED) is 0.247. The molecule has 0 aromatic carbocycles. The van der Waals surface area contributed by atoms with Crippen molar-refractivity contribution in [2.24, 2.45) is 0 Å². The van der Waals surface area contributed by atoms with Crippen LogP contribution in [0.25, 0.3) is 9.75 Å². The molecule has 0 fully saturated rings. The Morgan fingerprint density at radius 1 is 0.960 bits per heavy atom. The lowest BCUT2D eigenvalue weighted by molar-refractivity contribution is 0.0503. The van der Waals surface area contributed by atoms with Crippen LogP contribution in [-0.2, 0) is 4.74 Å². The van der Waals surface area contributed by atoms with Crippen molar-refractivity contribution in [3.05, 3.63) is 34.0 Å². The molecule has 2 nitrogen and oxygen atoms in total. The van der Waals surface area contributed by atoms with E-state index in [0.717, 1.165) is 27.5 Å². The van der Waals surface area contributed by atoms with Crippen molar-refractivity contribution in [3.63, 3.8) is 0 Å². The molecule has 2 aromatic rings. The Labute approximate surface area is 159 Å². The molecule has 0 saturated carbocycles. The van der Waals surface area contributed by atoms with Gasteiger partial charge in [-0.05, 0) is 30.7 Å². The maximum absolute atomic E-state index is 12.1. The van der Waals surface area contributed by atoms with Crippen molar-refractivity contribution in [3.8, 4) is 22.1 Å². The molecule has 0 amide bonds. The van der Waals surface area contributed by atoms with Crippen molar-refractivity contribution in [1.82, 2.24) is 0 Å². The fraction of sp³-hybridized carbons (Fsp3) is 0.476. The molecule has 2 heterocycles. The molecule has 0 N–H and O–H groups in total. The van der Waals surface area contributed by atoms with E-state index >= 15 is 0 Å². The number of carbonyl (C=O) groups is 1. The number of unbranched alkanes of at least 4 members (excludes halogenated alkanes) is 7. The van der Waals surface area contributed by atoms with Crippen LogP contribution in [0.5, 0.6) is 0 Å². The Morgan fingerprint density at radius 2 is 1.60 bits per heavy atom. The number of rotatable bonds is 11. The highest BCUT2D eigenvalue weighted by molar-refractivity contribution is 7.23. The zero-order valence-electron chi connectivity index (χ0n) is 14.9. The van der Waals surface area contributed by atoms with Crippen LogP contribution in [0.15, 0.2) is 24.3 Å². The SMILES string of the molecule is C#Cc1ccc(-c2ccc(C(=O)OCCCCCCCCCC)s2)s1. The van der Waals surface area contributed by atoms with E-state index in [1.54, 1.807) is 11.3 Å². The highest BCUT2D eigenvalue weighted by Crippen LogP contribution is 2.33. The van der Waals surface area contributed by atoms with Crippen LogP contribution in [0, 0.1) is 12.3 Å². The first-order chi connectivity index (χ1) is 12.2. The summed E-state index contributed by atoms with van der Waals surface area (Å²) < 4.78 is 5.39. The molecule has 134 valence electrons. The first kappa shape index (κ1) is 19.8. The number of thiophene rings is 2. The van der Waals surface area contributed by atoms with E-state index in [0.29, 0.717) is 11.5 Å². The van der Waals surface area contributed by atoms with E-state index in [1.165, 1.54) is 49.9 Å². The van der Waals surface area contributed by atoms with Crippen LogP contribution in [-0.4, -0.2) is 12.6 Å². The van der Waals surface area contributed by atoms with Crippen LogP contribution in [0.3, 0.4) is 0 Å². The van der Waals surface area contributed by atoms with Crippen LogP contribution >= 0.6 is 22.7 Å². The molecule has 0 atom stereocenters. The minimum absolute atomic E-state index is 0.215. The standard InChI is InChI=1S/C21H26O2S2/c1-3-5-6-7-8-9-10-11-16-23-21(22)20-15-14-19(25-20)18-13-12-17(4-2)24-18/h2,12-15H,3,5-11,16H2,1H3. The molecule has 0 radical (unpaired) electrons. The average Bonchev–Trinajstić information content (AvgIpc) is 3.29. The van der Waals surface area contributed by atoms with Gasteiger partial charge in [0, 0.05) is 9.75 Å². The highest BCUT2D eigenvalue weighted by Gasteiger charge is 2.12. The predicted molar refractivity (Wildman–Crippen MR) is 108 cm³/mol. The summed E-state index contributed by atoms with van der Waals surface area (Å²) in [5.74, 6) is 2.42. The third-order valence-corrected chi connectivity index (χ3v) is 6.31. The summed E-state index contributed by atoms with van der Waals surface area (Å²) in [7, 11) is 0. The number of terminal acetylenes is 1. The first-order valence-electron chi connectivity index (χ1n) is 9.08. The third-order valence-electron chi connectivity index (χ3n) is 4.03. The molecule has 0 bridgehead atoms. The van der Waals surface area contributed by atoms with Gasteiger partial charge in [0.1, 0.15) is 4.88 Å². The smallest absolute Gasteiger partial charge is 0.348 e. The lowest BCUT2D eigenvalue weighted by Gasteiger charge is -2.03. The normalized spacial score (nSPS) is 10.6. The summed E-state index contributed by atoms with van der Waals surface area (Å²) in [6.45, 7) is 2.75. The van der Waals surface area contributed by atoms with E-state index in [1.807, 2.05) is 24.3 Å². The summed E-state index contributed by atoms with van der Waals surface area (Å²) in [5, 5.41) is 0. The fourth-order valence-electron chi connectivity index (χ4n) is 2.60. The second kappa shape index (κ2) is 11.1. The molecule has 25 heavy (non-hydrogen) atoms. The van der Waals surface area contributed by atoms with E-state index in [-0.39, 0.29) is 5.97 Å². The lowest BCUT2D eigenvalue weighted by atomic mass is 10.1. The van der Waals surface area contributed by atoms with Crippen molar-refractivity contribution in [1.29, 1.82) is 0 Å². The maximum atomic E-state index is 12.1.